The van der Waals surface area contributed by atoms with Crippen molar-refractivity contribution < 1.29 is 18.5 Å². The number of carbonyl (C=O) groups is 2. The average molecular weight is 552 g/mol. The van der Waals surface area contributed by atoms with Crippen molar-refractivity contribution >= 4 is 63.8 Å². The molecule has 0 radical (unpaired) electrons. The van der Waals surface area contributed by atoms with Gasteiger partial charge in [-0.05, 0) is 48.5 Å². The van der Waals surface area contributed by atoms with Crippen LogP contribution >= 0.6 is 46.4 Å². The minimum Gasteiger partial charge on any atom is -0.356 e. The maximum absolute atomic E-state index is 13.2. The van der Waals surface area contributed by atoms with E-state index in [0.717, 1.165) is 4.90 Å². The number of hydrogen-bond acceptors (Lipinski definition) is 4. The van der Waals surface area contributed by atoms with E-state index in [1.54, 1.807) is 48.5 Å². The molecule has 0 saturated heterocycles. The van der Waals surface area contributed by atoms with E-state index in [2.05, 4.69) is 5.16 Å². The van der Waals surface area contributed by atoms with Gasteiger partial charge < -0.3 is 9.42 Å². The fourth-order valence-electron chi connectivity index (χ4n) is 3.38. The molecule has 0 atom stereocenters. The number of ketones is 1. The predicted molar refractivity (Wildman–Crippen MR) is 136 cm³/mol. The van der Waals surface area contributed by atoms with E-state index < -0.39 is 22.3 Å². The summed E-state index contributed by atoms with van der Waals surface area (Å²) in [7, 11) is 0. The van der Waals surface area contributed by atoms with Gasteiger partial charge in [-0.15, -0.1) is 0 Å². The molecule has 0 aliphatic rings. The number of anilines is 1. The highest BCUT2D eigenvalue weighted by atomic mass is 35.5. The standard InChI is InChI=1S/C25H15Cl4FN2O3/c26-18-5-2-6-19(27)23(18)20-12-22(35-31-20)15-3-1-4-17(11-15)32(25(34)24(28)29)13-21(33)14-7-9-16(30)10-8-14/h1-12,24H,13H2. The minimum absolute atomic E-state index is 0.234. The summed E-state index contributed by atoms with van der Waals surface area (Å²) >= 11 is 24.2. The van der Waals surface area contributed by atoms with E-state index in [-0.39, 0.29) is 12.1 Å². The first-order valence-electron chi connectivity index (χ1n) is 10.1. The molecule has 0 N–H and O–H groups in total. The van der Waals surface area contributed by atoms with E-state index in [9.17, 15) is 14.0 Å². The molecule has 0 aliphatic carbocycles. The Morgan fingerprint density at radius 3 is 2.26 bits per heavy atom. The Hall–Kier alpha value is -2.90. The molecule has 0 aliphatic heterocycles. The minimum atomic E-state index is -1.40. The summed E-state index contributed by atoms with van der Waals surface area (Å²) in [5.41, 5.74) is 2.11. The number of benzene rings is 3. The maximum atomic E-state index is 13.2. The van der Waals surface area contributed by atoms with Crippen LogP contribution in [0.25, 0.3) is 22.6 Å². The molecular weight excluding hydrogens is 537 g/mol. The molecule has 4 aromatic rings. The zero-order valence-electron chi connectivity index (χ0n) is 17.7. The molecule has 4 rings (SSSR count). The number of halogens is 5. The molecule has 0 spiro atoms. The highest BCUT2D eigenvalue weighted by Crippen LogP contribution is 2.36. The highest BCUT2D eigenvalue weighted by molar-refractivity contribution is 6.54. The van der Waals surface area contributed by atoms with Gasteiger partial charge in [0.05, 0.1) is 16.6 Å². The molecule has 10 heteroatoms. The van der Waals surface area contributed by atoms with Crippen LogP contribution in [0.15, 0.2) is 77.3 Å². The first-order chi connectivity index (χ1) is 16.7. The topological polar surface area (TPSA) is 63.4 Å². The van der Waals surface area contributed by atoms with Gasteiger partial charge in [0.25, 0.3) is 5.91 Å². The SMILES string of the molecule is O=C(CN(C(=O)C(Cl)Cl)c1cccc(-c2cc(-c3c(Cl)cccc3Cl)no2)c1)c1ccc(F)cc1. The van der Waals surface area contributed by atoms with Crippen LogP contribution < -0.4 is 4.90 Å². The van der Waals surface area contributed by atoms with Gasteiger partial charge in [0.1, 0.15) is 11.5 Å². The third kappa shape index (κ3) is 5.68. The van der Waals surface area contributed by atoms with Gasteiger partial charge in [-0.2, -0.15) is 0 Å². The lowest BCUT2D eigenvalue weighted by molar-refractivity contribution is -0.116. The smallest absolute Gasteiger partial charge is 0.260 e. The quantitative estimate of drug-likeness (QED) is 0.176. The monoisotopic (exact) mass is 550 g/mol. The zero-order valence-corrected chi connectivity index (χ0v) is 20.7. The summed E-state index contributed by atoms with van der Waals surface area (Å²) < 4.78 is 18.7. The van der Waals surface area contributed by atoms with Crippen LogP contribution in [0.2, 0.25) is 10.0 Å². The van der Waals surface area contributed by atoms with Gasteiger partial charge in [0, 0.05) is 28.4 Å². The predicted octanol–water partition coefficient (Wildman–Crippen LogP) is 7.47. The van der Waals surface area contributed by atoms with Crippen LogP contribution in [0, 0.1) is 5.82 Å². The van der Waals surface area contributed by atoms with Gasteiger partial charge in [0.2, 0.25) is 0 Å². The Labute approximate surface area is 219 Å². The van der Waals surface area contributed by atoms with E-state index in [1.807, 2.05) is 0 Å². The van der Waals surface area contributed by atoms with Crippen molar-refractivity contribution in [3.05, 3.63) is 94.2 Å². The number of aromatic nitrogens is 1. The van der Waals surface area contributed by atoms with Crippen molar-refractivity contribution in [2.45, 2.75) is 4.84 Å². The molecule has 1 heterocycles. The van der Waals surface area contributed by atoms with Crippen LogP contribution in [0.3, 0.4) is 0 Å². The van der Waals surface area contributed by atoms with Crippen molar-refractivity contribution in [3.8, 4) is 22.6 Å². The second-order valence-electron chi connectivity index (χ2n) is 7.38. The summed E-state index contributed by atoms with van der Waals surface area (Å²) in [6.07, 6.45) is 0. The van der Waals surface area contributed by atoms with Crippen molar-refractivity contribution in [1.82, 2.24) is 5.16 Å². The first kappa shape index (κ1) is 25.2. The third-order valence-electron chi connectivity index (χ3n) is 5.09. The molecule has 0 unspecified atom stereocenters. The highest BCUT2D eigenvalue weighted by Gasteiger charge is 2.25. The molecule has 0 saturated carbocycles. The first-order valence-corrected chi connectivity index (χ1v) is 11.8. The number of amides is 1. The fourth-order valence-corrected chi connectivity index (χ4v) is 4.21. The van der Waals surface area contributed by atoms with Crippen LogP contribution in [0.4, 0.5) is 10.1 Å². The lowest BCUT2D eigenvalue weighted by Crippen LogP contribution is -2.39. The van der Waals surface area contributed by atoms with Crippen LogP contribution in [-0.4, -0.2) is 28.2 Å². The largest absolute Gasteiger partial charge is 0.356 e. The van der Waals surface area contributed by atoms with Crippen LogP contribution in [-0.2, 0) is 4.79 Å². The summed E-state index contributed by atoms with van der Waals surface area (Å²) in [6, 6.07) is 18.4. The maximum Gasteiger partial charge on any atom is 0.260 e. The Balaban J connectivity index is 1.66. The summed E-state index contributed by atoms with van der Waals surface area (Å²) in [5.74, 6) is -1.22. The number of carbonyl (C=O) groups excluding carboxylic acids is 2. The Bertz CT molecular complexity index is 1370. The second-order valence-corrected chi connectivity index (χ2v) is 9.29. The molecular formula is C25H15Cl4FN2O3. The zero-order chi connectivity index (χ0) is 25.1. The van der Waals surface area contributed by atoms with E-state index in [4.69, 9.17) is 50.9 Å². The van der Waals surface area contributed by atoms with Crippen molar-refractivity contribution in [2.24, 2.45) is 0 Å². The Morgan fingerprint density at radius 2 is 1.60 bits per heavy atom. The molecule has 1 amide bonds. The average Bonchev–Trinajstić information content (AvgIpc) is 3.32. The lowest BCUT2D eigenvalue weighted by Gasteiger charge is -2.23. The molecule has 0 bridgehead atoms. The Kier molecular flexibility index (Phi) is 7.77. The van der Waals surface area contributed by atoms with Crippen LogP contribution in [0.1, 0.15) is 10.4 Å². The summed E-state index contributed by atoms with van der Waals surface area (Å²) in [6.45, 7) is -0.360. The number of nitrogens with zero attached hydrogens (tertiary/aromatic N) is 2. The Morgan fingerprint density at radius 1 is 0.943 bits per heavy atom. The van der Waals surface area contributed by atoms with Gasteiger partial charge >= 0.3 is 0 Å². The van der Waals surface area contributed by atoms with Crippen molar-refractivity contribution in [3.63, 3.8) is 0 Å². The number of hydrogen-bond donors (Lipinski definition) is 0. The normalized spacial score (nSPS) is 11.0. The van der Waals surface area contributed by atoms with Crippen molar-refractivity contribution in [1.29, 1.82) is 0 Å². The van der Waals surface area contributed by atoms with Gasteiger partial charge in [-0.25, -0.2) is 4.39 Å². The third-order valence-corrected chi connectivity index (χ3v) is 6.10. The van der Waals surface area contributed by atoms with Gasteiger partial charge in [0.15, 0.2) is 16.4 Å². The summed E-state index contributed by atoms with van der Waals surface area (Å²) in [5, 5.41) is 4.89. The fraction of sp³-hybridized carbons (Fsp3) is 0.0800. The number of rotatable bonds is 7. The van der Waals surface area contributed by atoms with Gasteiger partial charge in [-0.3, -0.25) is 9.59 Å². The molecule has 35 heavy (non-hydrogen) atoms. The van der Waals surface area contributed by atoms with Crippen LogP contribution in [0.5, 0.6) is 0 Å². The molecule has 0 fully saturated rings. The van der Waals surface area contributed by atoms with E-state index in [0.29, 0.717) is 38.3 Å². The summed E-state index contributed by atoms with van der Waals surface area (Å²) in [4.78, 5) is 25.3. The lowest BCUT2D eigenvalue weighted by atomic mass is 10.1. The van der Waals surface area contributed by atoms with Gasteiger partial charge in [-0.1, -0.05) is 69.8 Å². The van der Waals surface area contributed by atoms with E-state index >= 15 is 0 Å². The molecule has 3 aromatic carbocycles. The number of Topliss-reactive ketones (excluding diaryl/α,β-unsaturated/α-hetero) is 1. The second kappa shape index (κ2) is 10.8. The van der Waals surface area contributed by atoms with Crippen molar-refractivity contribution in [2.75, 3.05) is 11.4 Å². The molecule has 1 aromatic heterocycles. The molecule has 178 valence electrons. The molecule has 5 nitrogen and oxygen atoms in total. The van der Waals surface area contributed by atoms with E-state index in [1.165, 1.54) is 24.3 Å². The number of alkyl halides is 2.